The quantitative estimate of drug-likeness (QED) is 0.750. The van der Waals surface area contributed by atoms with Gasteiger partial charge in [-0.05, 0) is 19.8 Å². The molecule has 1 amide bonds. The first kappa shape index (κ1) is 16.9. The van der Waals surface area contributed by atoms with Gasteiger partial charge in [0.15, 0.2) is 0 Å². The van der Waals surface area contributed by atoms with Gasteiger partial charge in [0.2, 0.25) is 5.91 Å². The zero-order valence-electron chi connectivity index (χ0n) is 12.5. The highest BCUT2D eigenvalue weighted by molar-refractivity contribution is 5.82. The van der Waals surface area contributed by atoms with Gasteiger partial charge >= 0.3 is 5.97 Å². The van der Waals surface area contributed by atoms with E-state index in [0.717, 1.165) is 25.9 Å². The van der Waals surface area contributed by atoms with E-state index in [9.17, 15) is 9.59 Å². The largest absolute Gasteiger partial charge is 0.480 e. The number of likely N-dealkylation sites (tertiary alicyclic amines) is 1. The van der Waals surface area contributed by atoms with Gasteiger partial charge < -0.3 is 14.7 Å². The van der Waals surface area contributed by atoms with Crippen LogP contribution in [-0.2, 0) is 14.3 Å². The van der Waals surface area contributed by atoms with E-state index in [-0.39, 0.29) is 12.5 Å². The summed E-state index contributed by atoms with van der Waals surface area (Å²) in [6.45, 7) is 4.09. The van der Waals surface area contributed by atoms with Crippen LogP contribution >= 0.6 is 0 Å². The SMILES string of the molecule is COCCN(CC(=O)O)C(C)C(=O)N1CCCCCC1. The monoisotopic (exact) mass is 286 g/mol. The lowest BCUT2D eigenvalue weighted by atomic mass is 10.2. The van der Waals surface area contributed by atoms with E-state index in [1.54, 1.807) is 18.9 Å². The average Bonchev–Trinajstić information content (AvgIpc) is 2.70. The molecule has 6 nitrogen and oxygen atoms in total. The average molecular weight is 286 g/mol. The maximum absolute atomic E-state index is 12.5. The third-order valence-electron chi connectivity index (χ3n) is 3.74. The number of carboxylic acid groups (broad SMARTS) is 1. The van der Waals surface area contributed by atoms with Gasteiger partial charge in [-0.3, -0.25) is 14.5 Å². The van der Waals surface area contributed by atoms with Crippen LogP contribution in [0.15, 0.2) is 0 Å². The molecule has 1 aliphatic heterocycles. The standard InChI is InChI=1S/C14H26N2O4/c1-12(16(9-10-20-2)11-13(17)18)14(19)15-7-5-3-4-6-8-15/h12H,3-11H2,1-2H3,(H,17,18). The molecule has 6 heteroatoms. The van der Waals surface area contributed by atoms with Crippen LogP contribution in [-0.4, -0.2) is 72.7 Å². The number of hydrogen-bond donors (Lipinski definition) is 1. The summed E-state index contributed by atoms with van der Waals surface area (Å²) in [4.78, 5) is 27.0. The van der Waals surface area contributed by atoms with E-state index in [1.807, 2.05) is 4.90 Å². The van der Waals surface area contributed by atoms with Crippen molar-refractivity contribution in [3.8, 4) is 0 Å². The number of carbonyl (C=O) groups excluding carboxylic acids is 1. The van der Waals surface area contributed by atoms with Crippen molar-refractivity contribution in [2.45, 2.75) is 38.6 Å². The first-order valence-electron chi connectivity index (χ1n) is 7.30. The minimum absolute atomic E-state index is 0.0317. The van der Waals surface area contributed by atoms with Crippen LogP contribution in [0.25, 0.3) is 0 Å². The normalized spacial score (nSPS) is 17.9. The maximum Gasteiger partial charge on any atom is 0.317 e. The molecule has 0 spiro atoms. The van der Waals surface area contributed by atoms with Gasteiger partial charge in [-0.1, -0.05) is 12.8 Å². The molecule has 20 heavy (non-hydrogen) atoms. The Morgan fingerprint density at radius 1 is 1.25 bits per heavy atom. The molecule has 116 valence electrons. The fourth-order valence-electron chi connectivity index (χ4n) is 2.50. The van der Waals surface area contributed by atoms with Crippen LogP contribution in [0, 0.1) is 0 Å². The van der Waals surface area contributed by atoms with Gasteiger partial charge in [0.25, 0.3) is 0 Å². The van der Waals surface area contributed by atoms with Crippen molar-refractivity contribution in [3.05, 3.63) is 0 Å². The van der Waals surface area contributed by atoms with Crippen molar-refractivity contribution in [2.75, 3.05) is 39.9 Å². The summed E-state index contributed by atoms with van der Waals surface area (Å²) in [5, 5.41) is 8.96. The molecule has 0 aliphatic carbocycles. The maximum atomic E-state index is 12.5. The zero-order chi connectivity index (χ0) is 15.0. The number of nitrogens with zero attached hydrogens (tertiary/aromatic N) is 2. The number of carbonyl (C=O) groups is 2. The van der Waals surface area contributed by atoms with E-state index in [2.05, 4.69) is 0 Å². The van der Waals surface area contributed by atoms with Crippen LogP contribution < -0.4 is 0 Å². The number of hydrogen-bond acceptors (Lipinski definition) is 4. The molecular formula is C14H26N2O4. The third-order valence-corrected chi connectivity index (χ3v) is 3.74. The fraction of sp³-hybridized carbons (Fsp3) is 0.857. The minimum Gasteiger partial charge on any atom is -0.480 e. The number of amides is 1. The van der Waals surface area contributed by atoms with E-state index in [1.165, 1.54) is 12.8 Å². The molecule has 1 N–H and O–H groups in total. The van der Waals surface area contributed by atoms with Gasteiger partial charge in [0.05, 0.1) is 19.2 Å². The summed E-state index contributed by atoms with van der Waals surface area (Å²) < 4.78 is 4.99. The Bertz CT molecular complexity index is 314. The van der Waals surface area contributed by atoms with Crippen molar-refractivity contribution in [1.29, 1.82) is 0 Å². The summed E-state index contributed by atoms with van der Waals surface area (Å²) in [7, 11) is 1.57. The summed E-state index contributed by atoms with van der Waals surface area (Å²) in [5.74, 6) is -0.888. The zero-order valence-corrected chi connectivity index (χ0v) is 12.5. The molecular weight excluding hydrogens is 260 g/mol. The molecule has 1 unspecified atom stereocenters. The Kier molecular flexibility index (Phi) is 7.54. The Balaban J connectivity index is 2.62. The van der Waals surface area contributed by atoms with E-state index in [4.69, 9.17) is 9.84 Å². The molecule has 1 aliphatic rings. The van der Waals surface area contributed by atoms with Crippen LogP contribution in [0.3, 0.4) is 0 Å². The van der Waals surface area contributed by atoms with Crippen molar-refractivity contribution < 1.29 is 19.4 Å². The first-order chi connectivity index (χ1) is 9.56. The number of aliphatic carboxylic acids is 1. The number of rotatable bonds is 7. The van der Waals surface area contributed by atoms with Gasteiger partial charge in [0.1, 0.15) is 0 Å². The van der Waals surface area contributed by atoms with Crippen LogP contribution in [0.4, 0.5) is 0 Å². The van der Waals surface area contributed by atoms with Crippen LogP contribution in [0.1, 0.15) is 32.6 Å². The lowest BCUT2D eigenvalue weighted by Gasteiger charge is -2.31. The molecule has 1 fully saturated rings. The minimum atomic E-state index is -0.920. The molecule has 0 aromatic carbocycles. The summed E-state index contributed by atoms with van der Waals surface area (Å²) in [5.41, 5.74) is 0. The summed E-state index contributed by atoms with van der Waals surface area (Å²) in [6, 6.07) is -0.417. The van der Waals surface area contributed by atoms with Crippen molar-refractivity contribution >= 4 is 11.9 Å². The molecule has 0 radical (unpaired) electrons. The molecule has 1 heterocycles. The smallest absolute Gasteiger partial charge is 0.317 e. The van der Waals surface area contributed by atoms with Gasteiger partial charge in [0, 0.05) is 26.7 Å². The molecule has 1 rings (SSSR count). The van der Waals surface area contributed by atoms with Gasteiger partial charge in [-0.25, -0.2) is 0 Å². The molecule has 1 atom stereocenters. The second-order valence-electron chi connectivity index (χ2n) is 5.27. The number of carboxylic acids is 1. The van der Waals surface area contributed by atoms with E-state index in [0.29, 0.717) is 13.2 Å². The number of methoxy groups -OCH3 is 1. The topological polar surface area (TPSA) is 70.1 Å². The van der Waals surface area contributed by atoms with Crippen molar-refractivity contribution in [1.82, 2.24) is 9.80 Å². The summed E-state index contributed by atoms with van der Waals surface area (Å²) >= 11 is 0. The summed E-state index contributed by atoms with van der Waals surface area (Å²) in [6.07, 6.45) is 4.41. The van der Waals surface area contributed by atoms with E-state index >= 15 is 0 Å². The Hall–Kier alpha value is -1.14. The Morgan fingerprint density at radius 2 is 1.85 bits per heavy atom. The second kappa shape index (κ2) is 8.92. The second-order valence-corrected chi connectivity index (χ2v) is 5.27. The molecule has 0 aromatic heterocycles. The highest BCUT2D eigenvalue weighted by atomic mass is 16.5. The van der Waals surface area contributed by atoms with E-state index < -0.39 is 12.0 Å². The highest BCUT2D eigenvalue weighted by Gasteiger charge is 2.27. The van der Waals surface area contributed by atoms with Crippen molar-refractivity contribution in [2.24, 2.45) is 0 Å². The first-order valence-corrected chi connectivity index (χ1v) is 7.30. The van der Waals surface area contributed by atoms with Gasteiger partial charge in [-0.15, -0.1) is 0 Å². The molecule has 0 saturated carbocycles. The predicted octanol–water partition coefficient (Wildman–Crippen LogP) is 0.810. The Labute approximate surface area is 120 Å². The third kappa shape index (κ3) is 5.46. The van der Waals surface area contributed by atoms with Gasteiger partial charge in [-0.2, -0.15) is 0 Å². The highest BCUT2D eigenvalue weighted by Crippen LogP contribution is 2.12. The lowest BCUT2D eigenvalue weighted by molar-refractivity contribution is -0.142. The van der Waals surface area contributed by atoms with Crippen molar-refractivity contribution in [3.63, 3.8) is 0 Å². The Morgan fingerprint density at radius 3 is 2.35 bits per heavy atom. The predicted molar refractivity (Wildman–Crippen MR) is 75.6 cm³/mol. The lowest BCUT2D eigenvalue weighted by Crippen LogP contribution is -2.50. The molecule has 0 aromatic rings. The van der Waals surface area contributed by atoms with Crippen LogP contribution in [0.2, 0.25) is 0 Å². The molecule has 1 saturated heterocycles. The number of ether oxygens (including phenoxy) is 1. The fourth-order valence-corrected chi connectivity index (χ4v) is 2.50. The molecule has 0 bridgehead atoms. The van der Waals surface area contributed by atoms with Crippen LogP contribution in [0.5, 0.6) is 0 Å².